The van der Waals surface area contributed by atoms with E-state index >= 15 is 0 Å². The Morgan fingerprint density at radius 3 is 0.911 bits per heavy atom. The predicted molar refractivity (Wildman–Crippen MR) is 175 cm³/mol. The Labute approximate surface area is 283 Å². The molecule has 2 rings (SSSR count). The van der Waals surface area contributed by atoms with Gasteiger partial charge in [-0.3, -0.25) is 0 Å². The van der Waals surface area contributed by atoms with Crippen LogP contribution in [0.4, 0.5) is 0 Å². The largest absolute Gasteiger partial charge is 2.00 e. The van der Waals surface area contributed by atoms with Crippen LogP contribution in [0, 0.1) is 0 Å². The van der Waals surface area contributed by atoms with Crippen molar-refractivity contribution < 1.29 is 53.9 Å². The smallest absolute Gasteiger partial charge is 0.566 e. The average molecular weight is 711 g/mol. The first-order valence-corrected chi connectivity index (χ1v) is 17.3. The quantitative estimate of drug-likeness (QED) is 0.178. The Morgan fingerprint density at radius 1 is 0.533 bits per heavy atom. The van der Waals surface area contributed by atoms with E-state index in [1.54, 1.807) is 0 Å². The zero-order valence-electron chi connectivity index (χ0n) is 29.6. The van der Waals surface area contributed by atoms with Crippen LogP contribution < -0.4 is 19.3 Å². The Kier molecular flexibility index (Phi) is 17.1. The fraction of sp³-hybridized carbons (Fsp3) is 0.647. The van der Waals surface area contributed by atoms with Crippen molar-refractivity contribution in [1.29, 1.82) is 0 Å². The first-order valence-electron chi connectivity index (χ1n) is 15.1. The topological polar surface area (TPSA) is 117 Å². The summed E-state index contributed by atoms with van der Waals surface area (Å²) in [7, 11) is -5.69. The van der Waals surface area contributed by atoms with E-state index in [9.17, 15) is 18.9 Å². The number of hydrogen-bond donors (Lipinski definition) is 0. The van der Waals surface area contributed by atoms with Crippen LogP contribution in [0.15, 0.2) is 24.3 Å². The predicted octanol–water partition coefficient (Wildman–Crippen LogP) is 8.43. The fourth-order valence-electron chi connectivity index (χ4n) is 4.63. The van der Waals surface area contributed by atoms with Crippen molar-refractivity contribution in [2.45, 2.75) is 132 Å². The zero-order chi connectivity index (χ0) is 34.3. The SMILES string of the molecule is CCOc1c(C(C)(C)C)cc(CO[P+](=O)[O-])cc1C(C)(C)C.CCOc1c(C(C)(C)C)cc(CO[P+](=O)[O-])cc1C(C)(C)C.[Ni+2]. The standard InChI is InChI=1S/2C17H27O4P.Ni/c2*1-8-20-15-13(16(2,3)4)9-12(11-21-22(18)19)10-14(15)17(5,6)7;/h2*9-10H,8,11H2,1-7H3;/q;;+2. The minimum absolute atomic E-state index is 0. The number of benzene rings is 2. The van der Waals surface area contributed by atoms with Crippen LogP contribution >= 0.6 is 16.5 Å². The molecule has 2 atom stereocenters. The van der Waals surface area contributed by atoms with Crippen LogP contribution in [-0.4, -0.2) is 13.2 Å². The second-order valence-corrected chi connectivity index (χ2v) is 16.3. The summed E-state index contributed by atoms with van der Waals surface area (Å²) in [5.41, 5.74) is 5.53. The summed E-state index contributed by atoms with van der Waals surface area (Å²) in [4.78, 5) is 21.4. The van der Waals surface area contributed by atoms with E-state index in [1.807, 2.05) is 38.1 Å². The molecule has 0 aromatic heterocycles. The molecule has 2 aromatic carbocycles. The molecule has 0 spiro atoms. The molecule has 0 aliphatic rings. The summed E-state index contributed by atoms with van der Waals surface area (Å²) in [5, 5.41) is 0. The minimum Gasteiger partial charge on any atom is -0.566 e. The Morgan fingerprint density at radius 2 is 0.756 bits per heavy atom. The Hall–Kier alpha value is -1.43. The summed E-state index contributed by atoms with van der Waals surface area (Å²) in [5.74, 6) is 1.80. The monoisotopic (exact) mass is 710 g/mol. The van der Waals surface area contributed by atoms with E-state index in [0.717, 1.165) is 44.9 Å². The van der Waals surface area contributed by atoms with Gasteiger partial charge in [0.25, 0.3) is 0 Å². The second kappa shape index (κ2) is 17.6. The third-order valence-corrected chi connectivity index (χ3v) is 7.46. The van der Waals surface area contributed by atoms with Crippen LogP contribution in [0.2, 0.25) is 0 Å². The summed E-state index contributed by atoms with van der Waals surface area (Å²) in [6.45, 7) is 30.7. The van der Waals surface area contributed by atoms with Crippen LogP contribution in [0.3, 0.4) is 0 Å². The normalized spacial score (nSPS) is 12.9. The average Bonchev–Trinajstić information content (AvgIpc) is 2.85. The second-order valence-electron chi connectivity index (χ2n) is 14.9. The summed E-state index contributed by atoms with van der Waals surface area (Å²) in [6, 6.07) is 7.94. The van der Waals surface area contributed by atoms with Gasteiger partial charge in [0, 0.05) is 22.3 Å². The molecule has 0 fully saturated rings. The summed E-state index contributed by atoms with van der Waals surface area (Å²) >= 11 is 0. The van der Waals surface area contributed by atoms with E-state index in [-0.39, 0.29) is 51.4 Å². The van der Waals surface area contributed by atoms with Crippen molar-refractivity contribution >= 4 is 16.5 Å². The molecule has 0 saturated carbocycles. The van der Waals surface area contributed by atoms with Gasteiger partial charge in [-0.05, 0) is 80.0 Å². The molecule has 11 heteroatoms. The molecule has 0 saturated heterocycles. The Bertz CT molecular complexity index is 1110. The fourth-order valence-corrected chi connectivity index (χ4v) is 5.14. The van der Waals surface area contributed by atoms with Crippen LogP contribution in [0.5, 0.6) is 11.5 Å². The van der Waals surface area contributed by atoms with Gasteiger partial charge in [0.2, 0.25) is 0 Å². The van der Waals surface area contributed by atoms with E-state index in [0.29, 0.717) is 13.2 Å². The van der Waals surface area contributed by atoms with Gasteiger partial charge in [-0.15, -0.1) is 9.05 Å². The molecular weight excluding hydrogens is 657 g/mol. The third-order valence-electron chi connectivity index (χ3n) is 6.78. The van der Waals surface area contributed by atoms with Crippen molar-refractivity contribution in [3.8, 4) is 11.5 Å². The van der Waals surface area contributed by atoms with Gasteiger partial charge < -0.3 is 19.3 Å². The van der Waals surface area contributed by atoms with E-state index in [2.05, 4.69) is 83.1 Å². The van der Waals surface area contributed by atoms with Gasteiger partial charge in [0.15, 0.2) is 0 Å². The first-order chi connectivity index (χ1) is 19.9. The molecule has 2 unspecified atom stereocenters. The zero-order valence-corrected chi connectivity index (χ0v) is 32.4. The van der Waals surface area contributed by atoms with E-state index in [1.165, 1.54) is 0 Å². The van der Waals surface area contributed by atoms with Crippen molar-refractivity contribution in [3.63, 3.8) is 0 Å². The molecule has 0 aliphatic heterocycles. The van der Waals surface area contributed by atoms with Crippen molar-refractivity contribution in [3.05, 3.63) is 57.6 Å². The molecular formula is C34H54NiO8P2+2. The van der Waals surface area contributed by atoms with Gasteiger partial charge in [0.05, 0.1) is 13.2 Å². The number of hydrogen-bond acceptors (Lipinski definition) is 8. The molecule has 45 heavy (non-hydrogen) atoms. The first kappa shape index (κ1) is 43.6. The number of ether oxygens (including phenoxy) is 2. The Balaban J connectivity index is 0.000000842. The van der Waals surface area contributed by atoms with Crippen molar-refractivity contribution in [2.24, 2.45) is 0 Å². The minimum atomic E-state index is -2.85. The molecule has 2 aromatic rings. The molecule has 8 nitrogen and oxygen atoms in total. The van der Waals surface area contributed by atoms with E-state index in [4.69, 9.17) is 18.5 Å². The third kappa shape index (κ3) is 14.1. The molecule has 0 heterocycles. The van der Waals surface area contributed by atoms with Gasteiger partial charge in [-0.2, -0.15) is 0 Å². The van der Waals surface area contributed by atoms with Gasteiger partial charge in [-0.25, -0.2) is 0 Å². The maximum atomic E-state index is 10.7. The maximum absolute atomic E-state index is 10.7. The maximum Gasteiger partial charge on any atom is 2.00 e. The van der Waals surface area contributed by atoms with Crippen molar-refractivity contribution in [1.82, 2.24) is 0 Å². The molecule has 0 aliphatic carbocycles. The molecule has 0 bridgehead atoms. The van der Waals surface area contributed by atoms with Crippen LogP contribution in [-0.2, 0) is 69.5 Å². The number of rotatable bonds is 10. The van der Waals surface area contributed by atoms with Crippen LogP contribution in [0.1, 0.15) is 130 Å². The van der Waals surface area contributed by atoms with Gasteiger partial charge in [-0.1, -0.05) is 83.1 Å². The molecule has 0 N–H and O–H groups in total. The molecule has 0 amide bonds. The molecule has 0 radical (unpaired) electrons. The van der Waals surface area contributed by atoms with Crippen LogP contribution in [0.25, 0.3) is 0 Å². The molecule has 256 valence electrons. The van der Waals surface area contributed by atoms with E-state index < -0.39 is 16.5 Å². The summed E-state index contributed by atoms with van der Waals surface area (Å²) in [6.07, 6.45) is 0. The summed E-state index contributed by atoms with van der Waals surface area (Å²) < 4.78 is 42.8. The van der Waals surface area contributed by atoms with Gasteiger partial charge >= 0.3 is 33.0 Å². The van der Waals surface area contributed by atoms with Gasteiger partial charge in [0.1, 0.15) is 24.7 Å². The van der Waals surface area contributed by atoms with Crippen molar-refractivity contribution in [2.75, 3.05) is 13.2 Å².